The number of benzene rings is 3. The number of ether oxygens (including phenoxy) is 1. The zero-order valence-corrected chi connectivity index (χ0v) is 17.9. The maximum absolute atomic E-state index is 12.5. The normalized spacial score (nSPS) is 24.7. The molecular weight excluding hydrogens is 384 g/mol. The molecule has 2 aliphatic carbocycles. The van der Waals surface area contributed by atoms with Gasteiger partial charge in [-0.3, -0.25) is 4.79 Å². The minimum Gasteiger partial charge on any atom is -0.489 e. The summed E-state index contributed by atoms with van der Waals surface area (Å²) in [6, 6.07) is 22.4. The monoisotopic (exact) mass is 412 g/mol. The third-order valence-corrected chi connectivity index (χ3v) is 7.16. The SMILES string of the molecule is C[C@]12CCCC[C@H]1[C@H]2C(=O)N/N=C\c1ccc(OCc2cccc3ccccc23)cc1. The number of carbonyl (C=O) groups is 1. The average Bonchev–Trinajstić information content (AvgIpc) is 3.44. The van der Waals surface area contributed by atoms with Crippen LogP contribution in [-0.2, 0) is 11.4 Å². The van der Waals surface area contributed by atoms with Gasteiger partial charge >= 0.3 is 0 Å². The van der Waals surface area contributed by atoms with Gasteiger partial charge < -0.3 is 4.74 Å². The highest BCUT2D eigenvalue weighted by Gasteiger charge is 2.64. The number of nitrogens with one attached hydrogen (secondary N) is 1. The summed E-state index contributed by atoms with van der Waals surface area (Å²) in [6.07, 6.45) is 6.54. The molecule has 0 radical (unpaired) electrons. The van der Waals surface area contributed by atoms with E-state index in [0.29, 0.717) is 12.5 Å². The molecule has 0 bridgehead atoms. The number of nitrogens with zero attached hydrogens (tertiary/aromatic N) is 1. The van der Waals surface area contributed by atoms with Crippen molar-refractivity contribution in [2.45, 2.75) is 39.2 Å². The fourth-order valence-electron chi connectivity index (χ4n) is 5.32. The molecule has 2 fully saturated rings. The maximum atomic E-state index is 12.5. The van der Waals surface area contributed by atoms with E-state index in [1.165, 1.54) is 42.0 Å². The lowest BCUT2D eigenvalue weighted by molar-refractivity contribution is -0.123. The van der Waals surface area contributed by atoms with E-state index in [4.69, 9.17) is 4.74 Å². The van der Waals surface area contributed by atoms with Gasteiger partial charge in [0.05, 0.1) is 6.21 Å². The molecule has 0 heterocycles. The second-order valence-electron chi connectivity index (χ2n) is 9.07. The van der Waals surface area contributed by atoms with Crippen LogP contribution in [0.5, 0.6) is 5.75 Å². The summed E-state index contributed by atoms with van der Waals surface area (Å²) in [4.78, 5) is 12.5. The van der Waals surface area contributed by atoms with Crippen LogP contribution in [0.1, 0.15) is 43.7 Å². The van der Waals surface area contributed by atoms with Crippen LogP contribution in [0.3, 0.4) is 0 Å². The Morgan fingerprint density at radius 1 is 1.10 bits per heavy atom. The number of hydrogen-bond donors (Lipinski definition) is 1. The molecule has 158 valence electrons. The first-order chi connectivity index (χ1) is 15.1. The first kappa shape index (κ1) is 19.8. The molecule has 2 saturated carbocycles. The van der Waals surface area contributed by atoms with Crippen molar-refractivity contribution in [3.05, 3.63) is 77.9 Å². The number of hydrazone groups is 1. The van der Waals surface area contributed by atoms with Crippen LogP contribution in [-0.4, -0.2) is 12.1 Å². The van der Waals surface area contributed by atoms with Gasteiger partial charge in [-0.15, -0.1) is 0 Å². The van der Waals surface area contributed by atoms with Gasteiger partial charge in [0.1, 0.15) is 12.4 Å². The summed E-state index contributed by atoms with van der Waals surface area (Å²) in [5.41, 5.74) is 5.06. The fraction of sp³-hybridized carbons (Fsp3) is 0.333. The first-order valence-electron chi connectivity index (χ1n) is 11.2. The van der Waals surface area contributed by atoms with Gasteiger partial charge in [-0.2, -0.15) is 5.10 Å². The molecule has 1 N–H and O–H groups in total. The Morgan fingerprint density at radius 2 is 1.90 bits per heavy atom. The lowest BCUT2D eigenvalue weighted by Crippen LogP contribution is -2.22. The van der Waals surface area contributed by atoms with Gasteiger partial charge in [0, 0.05) is 5.92 Å². The Bertz CT molecular complexity index is 1120. The van der Waals surface area contributed by atoms with E-state index in [-0.39, 0.29) is 17.2 Å². The number of rotatable bonds is 6. The summed E-state index contributed by atoms with van der Waals surface area (Å²) in [6.45, 7) is 2.77. The Balaban J connectivity index is 1.15. The minimum atomic E-state index is 0.0701. The lowest BCUT2D eigenvalue weighted by atomic mass is 9.90. The van der Waals surface area contributed by atoms with E-state index >= 15 is 0 Å². The van der Waals surface area contributed by atoms with Crippen molar-refractivity contribution in [2.75, 3.05) is 0 Å². The van der Waals surface area contributed by atoms with Gasteiger partial charge in [0.25, 0.3) is 0 Å². The summed E-state index contributed by atoms with van der Waals surface area (Å²) < 4.78 is 5.99. The Hall–Kier alpha value is -3.14. The van der Waals surface area contributed by atoms with Crippen molar-refractivity contribution in [1.29, 1.82) is 0 Å². The van der Waals surface area contributed by atoms with Crippen molar-refractivity contribution in [1.82, 2.24) is 5.43 Å². The molecule has 0 unspecified atom stereocenters. The summed E-state index contributed by atoms with van der Waals surface area (Å²) in [7, 11) is 0. The Kier molecular flexibility index (Phi) is 5.23. The lowest BCUT2D eigenvalue weighted by Gasteiger charge is -2.15. The van der Waals surface area contributed by atoms with E-state index in [1.54, 1.807) is 6.21 Å². The Labute approximate surface area is 183 Å². The first-order valence-corrected chi connectivity index (χ1v) is 11.2. The predicted octanol–water partition coefficient (Wildman–Crippen LogP) is 5.70. The van der Waals surface area contributed by atoms with Crippen molar-refractivity contribution in [3.63, 3.8) is 0 Å². The van der Waals surface area contributed by atoms with Crippen molar-refractivity contribution in [3.8, 4) is 5.75 Å². The Morgan fingerprint density at radius 3 is 2.71 bits per heavy atom. The van der Waals surface area contributed by atoms with Crippen LogP contribution < -0.4 is 10.2 Å². The largest absolute Gasteiger partial charge is 0.489 e. The second kappa shape index (κ2) is 8.18. The molecule has 5 rings (SSSR count). The summed E-state index contributed by atoms with van der Waals surface area (Å²) >= 11 is 0. The highest BCUT2D eigenvalue weighted by Crippen LogP contribution is 2.66. The van der Waals surface area contributed by atoms with E-state index in [2.05, 4.69) is 53.8 Å². The minimum absolute atomic E-state index is 0.0701. The average molecular weight is 413 g/mol. The molecular formula is C27H28N2O2. The highest BCUT2D eigenvalue weighted by atomic mass is 16.5. The number of fused-ring (bicyclic) bond motifs is 2. The summed E-state index contributed by atoms with van der Waals surface area (Å²) in [5.74, 6) is 1.57. The van der Waals surface area contributed by atoms with Crippen molar-refractivity contribution >= 4 is 22.9 Å². The van der Waals surface area contributed by atoms with Gasteiger partial charge in [-0.1, -0.05) is 62.2 Å². The molecule has 0 aliphatic heterocycles. The number of amides is 1. The molecule has 4 heteroatoms. The molecule has 3 aromatic rings. The molecule has 1 amide bonds. The second-order valence-corrected chi connectivity index (χ2v) is 9.07. The zero-order valence-electron chi connectivity index (χ0n) is 17.9. The quantitative estimate of drug-likeness (QED) is 0.417. The molecule has 0 saturated heterocycles. The van der Waals surface area contributed by atoms with E-state index in [1.807, 2.05) is 30.3 Å². The van der Waals surface area contributed by atoms with Gasteiger partial charge in [-0.05, 0) is 70.3 Å². The van der Waals surface area contributed by atoms with Gasteiger partial charge in [0.15, 0.2) is 0 Å². The fourth-order valence-corrected chi connectivity index (χ4v) is 5.32. The van der Waals surface area contributed by atoms with Gasteiger partial charge in [-0.25, -0.2) is 5.43 Å². The molecule has 3 atom stereocenters. The summed E-state index contributed by atoms with van der Waals surface area (Å²) in [5, 5.41) is 6.62. The molecule has 0 aromatic heterocycles. The van der Waals surface area contributed by atoms with Crippen LogP contribution in [0.15, 0.2) is 71.8 Å². The van der Waals surface area contributed by atoms with Crippen molar-refractivity contribution in [2.24, 2.45) is 22.4 Å². The molecule has 3 aromatic carbocycles. The molecule has 2 aliphatic rings. The van der Waals surface area contributed by atoms with Crippen LogP contribution in [0.4, 0.5) is 0 Å². The predicted molar refractivity (Wildman–Crippen MR) is 124 cm³/mol. The van der Waals surface area contributed by atoms with Crippen LogP contribution in [0.2, 0.25) is 0 Å². The van der Waals surface area contributed by atoms with E-state index < -0.39 is 0 Å². The smallest absolute Gasteiger partial charge is 0.244 e. The number of carbonyl (C=O) groups excluding carboxylic acids is 1. The van der Waals surface area contributed by atoms with E-state index in [0.717, 1.165) is 11.3 Å². The topological polar surface area (TPSA) is 50.7 Å². The van der Waals surface area contributed by atoms with Crippen LogP contribution in [0.25, 0.3) is 10.8 Å². The molecule has 31 heavy (non-hydrogen) atoms. The standard InChI is InChI=1S/C27H28N2O2/c1-27-16-5-4-11-24(27)25(27)26(30)29-28-17-19-12-14-22(15-13-19)31-18-21-9-6-8-20-7-2-3-10-23(20)21/h2-3,6-10,12-15,17,24-25H,4-5,11,16,18H2,1H3,(H,29,30)/b28-17-/t24-,25-,27-/m0/s1. The number of hydrogen-bond acceptors (Lipinski definition) is 3. The maximum Gasteiger partial charge on any atom is 0.244 e. The van der Waals surface area contributed by atoms with Crippen LogP contribution in [0, 0.1) is 17.3 Å². The highest BCUT2D eigenvalue weighted by molar-refractivity contribution is 5.86. The van der Waals surface area contributed by atoms with Crippen LogP contribution >= 0.6 is 0 Å². The van der Waals surface area contributed by atoms with E-state index in [9.17, 15) is 4.79 Å². The third kappa shape index (κ3) is 3.95. The zero-order chi connectivity index (χ0) is 21.3. The molecule has 4 nitrogen and oxygen atoms in total. The van der Waals surface area contributed by atoms with Gasteiger partial charge in [0.2, 0.25) is 5.91 Å². The third-order valence-electron chi connectivity index (χ3n) is 7.16. The molecule has 0 spiro atoms. The van der Waals surface area contributed by atoms with Crippen molar-refractivity contribution < 1.29 is 9.53 Å².